The van der Waals surface area contributed by atoms with E-state index in [2.05, 4.69) is 50.6 Å². The van der Waals surface area contributed by atoms with E-state index >= 15 is 0 Å². The van der Waals surface area contributed by atoms with Gasteiger partial charge in [0, 0.05) is 0 Å². The maximum atomic E-state index is 2.36. The Bertz CT molecular complexity index is 199. The molecule has 1 radical (unpaired) electrons. The summed E-state index contributed by atoms with van der Waals surface area (Å²) in [6.07, 6.45) is 4.69. The van der Waals surface area contributed by atoms with Crippen LogP contribution in [0.15, 0.2) is 30.3 Å². The molecule has 0 amide bonds. The van der Waals surface area contributed by atoms with Gasteiger partial charge >= 0.3 is 0 Å². The third-order valence-electron chi connectivity index (χ3n) is 1.86. The molecule has 0 unspecified atom stereocenters. The zero-order chi connectivity index (χ0) is 8.81. The van der Waals surface area contributed by atoms with E-state index in [0.29, 0.717) is 0 Å². The lowest BCUT2D eigenvalue weighted by molar-refractivity contribution is 0.629. The Balaban J connectivity index is 2.25. The number of rotatable bonds is 4. The summed E-state index contributed by atoms with van der Waals surface area (Å²) in [6.45, 7) is 4.50. The Morgan fingerprint density at radius 3 is 2.42 bits per heavy atom. The van der Waals surface area contributed by atoms with Crippen molar-refractivity contribution in [1.29, 1.82) is 0 Å². The lowest BCUT2D eigenvalue weighted by Gasteiger charge is -2.03. The molecule has 0 N–H and O–H groups in total. The van der Waals surface area contributed by atoms with Crippen molar-refractivity contribution in [2.75, 3.05) is 0 Å². The summed E-state index contributed by atoms with van der Waals surface area (Å²) in [5.74, 6) is 0.786. The molecule has 65 valence electrons. The quantitative estimate of drug-likeness (QED) is 0.634. The van der Waals surface area contributed by atoms with E-state index in [9.17, 15) is 0 Å². The molecule has 0 heterocycles. The molecule has 0 spiro atoms. The molecule has 1 rings (SSSR count). The molecule has 1 aromatic rings. The normalized spacial score (nSPS) is 10.6. The zero-order valence-electron chi connectivity index (χ0n) is 7.96. The predicted octanol–water partition coefficient (Wildman–Crippen LogP) is 3.48. The highest BCUT2D eigenvalue weighted by atomic mass is 14.0. The van der Waals surface area contributed by atoms with Crippen molar-refractivity contribution < 1.29 is 0 Å². The Labute approximate surface area is 75.6 Å². The van der Waals surface area contributed by atoms with Crippen LogP contribution in [-0.4, -0.2) is 0 Å². The summed E-state index contributed by atoms with van der Waals surface area (Å²) >= 11 is 0. The molecule has 0 heteroatoms. The molecule has 0 bridgehead atoms. The van der Waals surface area contributed by atoms with Gasteiger partial charge in [0.25, 0.3) is 0 Å². The van der Waals surface area contributed by atoms with Gasteiger partial charge in [-0.25, -0.2) is 0 Å². The summed E-state index contributed by atoms with van der Waals surface area (Å²) in [4.78, 5) is 0. The maximum absolute atomic E-state index is 2.36. The summed E-state index contributed by atoms with van der Waals surface area (Å²) < 4.78 is 0. The van der Waals surface area contributed by atoms with E-state index in [1.807, 2.05) is 0 Å². The summed E-state index contributed by atoms with van der Waals surface area (Å²) in [6, 6.07) is 10.6. The first-order valence-corrected chi connectivity index (χ1v) is 4.64. The topological polar surface area (TPSA) is 0 Å². The Hall–Kier alpha value is -0.780. The largest absolute Gasteiger partial charge is 0.0628 e. The van der Waals surface area contributed by atoms with Gasteiger partial charge in [-0.15, -0.1) is 0 Å². The van der Waals surface area contributed by atoms with Crippen LogP contribution >= 0.6 is 0 Å². The van der Waals surface area contributed by atoms with Crippen LogP contribution < -0.4 is 0 Å². The van der Waals surface area contributed by atoms with Crippen molar-refractivity contribution in [2.24, 2.45) is 5.92 Å². The van der Waals surface area contributed by atoms with Crippen LogP contribution in [0, 0.1) is 12.3 Å². The minimum atomic E-state index is 0.786. The van der Waals surface area contributed by atoms with Gasteiger partial charge in [0.15, 0.2) is 0 Å². The van der Waals surface area contributed by atoms with Crippen LogP contribution in [0.1, 0.15) is 25.8 Å². The molecular formula is C12H17. The molecule has 0 fully saturated rings. The SMILES string of the molecule is CC(C)C[CH]Cc1ccccc1. The average Bonchev–Trinajstić information content (AvgIpc) is 2.05. The fraction of sp³-hybridized carbons (Fsp3) is 0.417. The maximum Gasteiger partial charge on any atom is -0.0248 e. The first kappa shape index (κ1) is 9.31. The molecule has 0 saturated carbocycles. The van der Waals surface area contributed by atoms with E-state index in [4.69, 9.17) is 0 Å². The summed E-state index contributed by atoms with van der Waals surface area (Å²) in [5.41, 5.74) is 1.41. The van der Waals surface area contributed by atoms with Gasteiger partial charge in [-0.05, 0) is 30.7 Å². The minimum absolute atomic E-state index is 0.786. The van der Waals surface area contributed by atoms with Gasteiger partial charge in [0.05, 0.1) is 0 Å². The lowest BCUT2D eigenvalue weighted by Crippen LogP contribution is -1.91. The third kappa shape index (κ3) is 3.56. The summed E-state index contributed by atoms with van der Waals surface area (Å²) in [5, 5.41) is 0. The second-order valence-electron chi connectivity index (χ2n) is 3.61. The van der Waals surface area contributed by atoms with Crippen molar-refractivity contribution in [3.05, 3.63) is 42.3 Å². The van der Waals surface area contributed by atoms with Crippen molar-refractivity contribution in [3.63, 3.8) is 0 Å². The standard InChI is InChI=1S/C12H17/c1-11(2)7-6-10-12-8-4-3-5-9-12/h3-6,8-9,11H,7,10H2,1-2H3. The third-order valence-corrected chi connectivity index (χ3v) is 1.86. The van der Waals surface area contributed by atoms with Gasteiger partial charge in [0.2, 0.25) is 0 Å². The van der Waals surface area contributed by atoms with Crippen LogP contribution in [0.2, 0.25) is 0 Å². The van der Waals surface area contributed by atoms with E-state index in [1.165, 1.54) is 12.0 Å². The van der Waals surface area contributed by atoms with Crippen LogP contribution in [0.25, 0.3) is 0 Å². The van der Waals surface area contributed by atoms with Crippen LogP contribution in [0.4, 0.5) is 0 Å². The summed E-state index contributed by atoms with van der Waals surface area (Å²) in [7, 11) is 0. The van der Waals surface area contributed by atoms with Gasteiger partial charge in [-0.3, -0.25) is 0 Å². The second-order valence-corrected chi connectivity index (χ2v) is 3.61. The molecule has 0 aliphatic heterocycles. The molecule has 0 saturated heterocycles. The highest BCUT2D eigenvalue weighted by molar-refractivity contribution is 5.16. The fourth-order valence-corrected chi connectivity index (χ4v) is 1.20. The van der Waals surface area contributed by atoms with Crippen molar-refractivity contribution >= 4 is 0 Å². The van der Waals surface area contributed by atoms with Crippen LogP contribution in [0.5, 0.6) is 0 Å². The highest BCUT2D eigenvalue weighted by Gasteiger charge is 1.95. The van der Waals surface area contributed by atoms with E-state index < -0.39 is 0 Å². The molecule has 12 heavy (non-hydrogen) atoms. The molecule has 0 nitrogen and oxygen atoms in total. The lowest BCUT2D eigenvalue weighted by atomic mass is 10.0. The average molecular weight is 161 g/mol. The monoisotopic (exact) mass is 161 g/mol. The highest BCUT2D eigenvalue weighted by Crippen LogP contribution is 2.08. The molecule has 0 atom stereocenters. The number of benzene rings is 1. The number of hydrogen-bond acceptors (Lipinski definition) is 0. The second kappa shape index (κ2) is 4.97. The Morgan fingerprint density at radius 1 is 1.17 bits per heavy atom. The molecule has 0 aliphatic carbocycles. The first-order valence-electron chi connectivity index (χ1n) is 4.64. The molecule has 0 aromatic heterocycles. The van der Waals surface area contributed by atoms with Gasteiger partial charge in [0.1, 0.15) is 0 Å². The van der Waals surface area contributed by atoms with Crippen molar-refractivity contribution in [1.82, 2.24) is 0 Å². The van der Waals surface area contributed by atoms with Gasteiger partial charge in [-0.1, -0.05) is 44.2 Å². The predicted molar refractivity (Wildman–Crippen MR) is 53.9 cm³/mol. The van der Waals surface area contributed by atoms with E-state index in [-0.39, 0.29) is 0 Å². The van der Waals surface area contributed by atoms with Crippen LogP contribution in [0.3, 0.4) is 0 Å². The van der Waals surface area contributed by atoms with Crippen LogP contribution in [-0.2, 0) is 6.42 Å². The van der Waals surface area contributed by atoms with Crippen molar-refractivity contribution in [2.45, 2.75) is 26.7 Å². The van der Waals surface area contributed by atoms with Gasteiger partial charge in [-0.2, -0.15) is 0 Å². The Morgan fingerprint density at radius 2 is 1.83 bits per heavy atom. The molecule has 0 aliphatic rings. The first-order chi connectivity index (χ1) is 5.79. The smallest absolute Gasteiger partial charge is 0.0248 e. The van der Waals surface area contributed by atoms with E-state index in [0.717, 1.165) is 12.3 Å². The number of hydrogen-bond donors (Lipinski definition) is 0. The van der Waals surface area contributed by atoms with Crippen molar-refractivity contribution in [3.8, 4) is 0 Å². The van der Waals surface area contributed by atoms with Gasteiger partial charge < -0.3 is 0 Å². The fourth-order valence-electron chi connectivity index (χ4n) is 1.20. The van der Waals surface area contributed by atoms with E-state index in [1.54, 1.807) is 0 Å². The zero-order valence-corrected chi connectivity index (χ0v) is 7.96. The molecular weight excluding hydrogens is 144 g/mol. The molecule has 1 aromatic carbocycles. The minimum Gasteiger partial charge on any atom is -0.0628 e. The Kier molecular flexibility index (Phi) is 3.86.